The van der Waals surface area contributed by atoms with Crippen LogP contribution in [0.15, 0.2) is 24.3 Å². The third-order valence-electron chi connectivity index (χ3n) is 3.87. The molecule has 1 aliphatic heterocycles. The number of carbonyl (C=O) groups excluding carboxylic acids is 1. The topological polar surface area (TPSA) is 41.6 Å². The number of ether oxygens (including phenoxy) is 1. The van der Waals surface area contributed by atoms with Crippen molar-refractivity contribution in [1.29, 1.82) is 0 Å². The van der Waals surface area contributed by atoms with E-state index in [1.165, 1.54) is 5.69 Å². The third-order valence-corrected chi connectivity index (χ3v) is 3.87. The highest BCUT2D eigenvalue weighted by molar-refractivity contribution is 5.94. The Morgan fingerprint density at radius 1 is 1.15 bits per heavy atom. The van der Waals surface area contributed by atoms with Gasteiger partial charge in [0.25, 0.3) is 0 Å². The largest absolute Gasteiger partial charge is 0.372 e. The minimum atomic E-state index is 0.159. The van der Waals surface area contributed by atoms with E-state index in [-0.39, 0.29) is 24.0 Å². The molecule has 1 saturated heterocycles. The molecule has 0 spiro atoms. The van der Waals surface area contributed by atoms with Gasteiger partial charge in [0.05, 0.1) is 12.2 Å². The van der Waals surface area contributed by atoms with E-state index in [0.29, 0.717) is 0 Å². The molecule has 108 valence electrons. The Balaban J connectivity index is 1.64. The second kappa shape index (κ2) is 5.44. The number of morpholine rings is 1. The van der Waals surface area contributed by atoms with E-state index in [9.17, 15) is 4.79 Å². The first-order chi connectivity index (χ1) is 9.61. The summed E-state index contributed by atoms with van der Waals surface area (Å²) in [6.07, 6.45) is 2.59. The van der Waals surface area contributed by atoms with E-state index in [1.807, 2.05) is 12.1 Å². The molecule has 20 heavy (non-hydrogen) atoms. The first-order valence-electron chi connectivity index (χ1n) is 7.43. The van der Waals surface area contributed by atoms with Crippen LogP contribution in [-0.4, -0.2) is 31.2 Å². The summed E-state index contributed by atoms with van der Waals surface area (Å²) in [6, 6.07) is 8.13. The van der Waals surface area contributed by atoms with Gasteiger partial charge in [0.15, 0.2) is 0 Å². The fourth-order valence-electron chi connectivity index (χ4n) is 2.73. The predicted molar refractivity (Wildman–Crippen MR) is 80.0 cm³/mol. The van der Waals surface area contributed by atoms with E-state index >= 15 is 0 Å². The van der Waals surface area contributed by atoms with Crippen molar-refractivity contribution in [2.75, 3.05) is 23.3 Å². The fourth-order valence-corrected chi connectivity index (χ4v) is 2.73. The molecule has 0 bridgehead atoms. The number of hydrogen-bond acceptors (Lipinski definition) is 3. The Kier molecular flexibility index (Phi) is 3.66. The molecule has 1 amide bonds. The normalized spacial score (nSPS) is 26.4. The molecule has 0 aromatic heterocycles. The molecule has 2 atom stereocenters. The van der Waals surface area contributed by atoms with Gasteiger partial charge in [0.2, 0.25) is 5.91 Å². The van der Waals surface area contributed by atoms with Crippen LogP contribution in [0.4, 0.5) is 11.4 Å². The van der Waals surface area contributed by atoms with E-state index < -0.39 is 0 Å². The number of amides is 1. The van der Waals surface area contributed by atoms with Gasteiger partial charge < -0.3 is 15.0 Å². The van der Waals surface area contributed by atoms with Gasteiger partial charge in [-0.3, -0.25) is 4.79 Å². The summed E-state index contributed by atoms with van der Waals surface area (Å²) < 4.78 is 5.75. The minimum absolute atomic E-state index is 0.159. The van der Waals surface area contributed by atoms with Gasteiger partial charge >= 0.3 is 0 Å². The number of nitrogens with zero attached hydrogens (tertiary/aromatic N) is 1. The van der Waals surface area contributed by atoms with E-state index in [4.69, 9.17) is 4.74 Å². The van der Waals surface area contributed by atoms with Crippen LogP contribution >= 0.6 is 0 Å². The molecule has 0 radical (unpaired) electrons. The number of benzene rings is 1. The van der Waals surface area contributed by atoms with Gasteiger partial charge in [0.1, 0.15) is 0 Å². The monoisotopic (exact) mass is 274 g/mol. The van der Waals surface area contributed by atoms with Gasteiger partial charge in [-0.15, -0.1) is 0 Å². The summed E-state index contributed by atoms with van der Waals surface area (Å²) in [5, 5.41) is 2.97. The summed E-state index contributed by atoms with van der Waals surface area (Å²) in [5.41, 5.74) is 2.08. The first-order valence-corrected chi connectivity index (χ1v) is 7.43. The molecular formula is C16H22N2O2. The fraction of sp³-hybridized carbons (Fsp3) is 0.562. The van der Waals surface area contributed by atoms with Crippen LogP contribution in [0.5, 0.6) is 0 Å². The van der Waals surface area contributed by atoms with Gasteiger partial charge in [-0.05, 0) is 51.0 Å². The highest BCUT2D eigenvalue weighted by atomic mass is 16.5. The Morgan fingerprint density at radius 3 is 2.30 bits per heavy atom. The first kappa shape index (κ1) is 13.4. The number of nitrogens with one attached hydrogen (secondary N) is 1. The summed E-state index contributed by atoms with van der Waals surface area (Å²) >= 11 is 0. The van der Waals surface area contributed by atoms with E-state index in [2.05, 4.69) is 36.2 Å². The molecule has 3 rings (SSSR count). The number of carbonyl (C=O) groups is 1. The van der Waals surface area contributed by atoms with Crippen LogP contribution in [0.1, 0.15) is 26.7 Å². The second-order valence-electron chi connectivity index (χ2n) is 5.97. The molecule has 1 saturated carbocycles. The smallest absolute Gasteiger partial charge is 0.227 e. The number of anilines is 2. The van der Waals surface area contributed by atoms with Crippen molar-refractivity contribution in [2.24, 2.45) is 5.92 Å². The van der Waals surface area contributed by atoms with Crippen molar-refractivity contribution in [1.82, 2.24) is 0 Å². The minimum Gasteiger partial charge on any atom is -0.372 e. The zero-order valence-electron chi connectivity index (χ0n) is 12.1. The van der Waals surface area contributed by atoms with Gasteiger partial charge in [0, 0.05) is 30.4 Å². The van der Waals surface area contributed by atoms with Crippen molar-refractivity contribution >= 4 is 17.3 Å². The SMILES string of the molecule is C[C@@H]1CN(c2ccc(NC(=O)C3CC3)cc2)C[C@H](C)O1. The third kappa shape index (κ3) is 3.12. The maximum Gasteiger partial charge on any atom is 0.227 e. The lowest BCUT2D eigenvalue weighted by Gasteiger charge is -2.36. The molecule has 2 fully saturated rings. The zero-order valence-corrected chi connectivity index (χ0v) is 12.1. The quantitative estimate of drug-likeness (QED) is 0.921. The average molecular weight is 274 g/mol. The number of hydrogen-bond donors (Lipinski definition) is 1. The van der Waals surface area contributed by atoms with E-state index in [1.54, 1.807) is 0 Å². The summed E-state index contributed by atoms with van der Waals surface area (Å²) in [5.74, 6) is 0.405. The van der Waals surface area contributed by atoms with Crippen LogP contribution in [0, 0.1) is 5.92 Å². The van der Waals surface area contributed by atoms with Crippen LogP contribution in [-0.2, 0) is 9.53 Å². The van der Waals surface area contributed by atoms with E-state index in [0.717, 1.165) is 31.6 Å². The molecule has 1 aromatic carbocycles. The highest BCUT2D eigenvalue weighted by Crippen LogP contribution is 2.30. The molecule has 4 nitrogen and oxygen atoms in total. The van der Waals surface area contributed by atoms with Crippen LogP contribution in [0.2, 0.25) is 0 Å². The summed E-state index contributed by atoms with van der Waals surface area (Å²) in [6.45, 7) is 6.04. The predicted octanol–water partition coefficient (Wildman–Crippen LogP) is 2.65. The number of rotatable bonds is 3. The molecule has 4 heteroatoms. The average Bonchev–Trinajstić information content (AvgIpc) is 3.22. The molecule has 1 heterocycles. The second-order valence-corrected chi connectivity index (χ2v) is 5.97. The van der Waals surface area contributed by atoms with Gasteiger partial charge in [-0.25, -0.2) is 0 Å². The Hall–Kier alpha value is -1.55. The molecule has 0 unspecified atom stereocenters. The zero-order chi connectivity index (χ0) is 14.1. The van der Waals surface area contributed by atoms with Crippen LogP contribution in [0.3, 0.4) is 0 Å². The molecule has 1 aromatic rings. The van der Waals surface area contributed by atoms with Gasteiger partial charge in [-0.1, -0.05) is 0 Å². The highest BCUT2D eigenvalue weighted by Gasteiger charge is 2.29. The standard InChI is InChI=1S/C16H22N2O2/c1-11-9-18(10-12(2)20-11)15-7-5-14(6-8-15)17-16(19)13-3-4-13/h5-8,11-13H,3-4,9-10H2,1-2H3,(H,17,19)/t11-,12+. The molecule has 2 aliphatic rings. The van der Waals surface area contributed by atoms with Crippen molar-refractivity contribution in [2.45, 2.75) is 38.9 Å². The summed E-state index contributed by atoms with van der Waals surface area (Å²) in [7, 11) is 0. The Morgan fingerprint density at radius 2 is 1.75 bits per heavy atom. The van der Waals surface area contributed by atoms with Crippen molar-refractivity contribution in [3.63, 3.8) is 0 Å². The lowest BCUT2D eigenvalue weighted by Crippen LogP contribution is -2.45. The van der Waals surface area contributed by atoms with Gasteiger partial charge in [-0.2, -0.15) is 0 Å². The van der Waals surface area contributed by atoms with Crippen LogP contribution in [0.25, 0.3) is 0 Å². The maximum atomic E-state index is 11.7. The molecule has 1 N–H and O–H groups in total. The van der Waals surface area contributed by atoms with Crippen molar-refractivity contribution in [3.05, 3.63) is 24.3 Å². The maximum absolute atomic E-state index is 11.7. The van der Waals surface area contributed by atoms with Crippen molar-refractivity contribution < 1.29 is 9.53 Å². The Labute approximate surface area is 120 Å². The molecule has 1 aliphatic carbocycles. The van der Waals surface area contributed by atoms with Crippen molar-refractivity contribution in [3.8, 4) is 0 Å². The van der Waals surface area contributed by atoms with Crippen LogP contribution < -0.4 is 10.2 Å². The molecular weight excluding hydrogens is 252 g/mol. The summed E-state index contributed by atoms with van der Waals surface area (Å²) in [4.78, 5) is 14.0. The lowest BCUT2D eigenvalue weighted by atomic mass is 10.2. The lowest BCUT2D eigenvalue weighted by molar-refractivity contribution is -0.117. The Bertz CT molecular complexity index is 472.